The zero-order valence-corrected chi connectivity index (χ0v) is 9.63. The van der Waals surface area contributed by atoms with Gasteiger partial charge in [-0.25, -0.2) is 0 Å². The maximum absolute atomic E-state index is 12.0. The Balaban J connectivity index is 2.93. The van der Waals surface area contributed by atoms with E-state index in [9.17, 15) is 4.79 Å². The lowest BCUT2D eigenvalue weighted by Gasteiger charge is -2.22. The van der Waals surface area contributed by atoms with Crippen LogP contribution in [0.5, 0.6) is 0 Å². The van der Waals surface area contributed by atoms with Gasteiger partial charge in [0.2, 0.25) is 5.91 Å². The minimum atomic E-state index is -0.700. The third-order valence-corrected chi connectivity index (χ3v) is 2.35. The Kier molecular flexibility index (Phi) is 4.72. The highest BCUT2D eigenvalue weighted by molar-refractivity contribution is 5.96. The molecule has 0 heterocycles. The molecule has 0 radical (unpaired) electrons. The molecule has 0 bridgehead atoms. The number of carbonyl (C=O) groups excluding carboxylic acids is 1. The number of rotatable bonds is 4. The third-order valence-electron chi connectivity index (χ3n) is 2.35. The van der Waals surface area contributed by atoms with Crippen molar-refractivity contribution in [1.82, 2.24) is 0 Å². The fraction of sp³-hybridized carbons (Fsp3) is 0.308. The lowest BCUT2D eigenvalue weighted by molar-refractivity contribution is -0.120. The van der Waals surface area contributed by atoms with Crippen LogP contribution in [0, 0.1) is 28.6 Å². The van der Waals surface area contributed by atoms with E-state index in [-0.39, 0.29) is 12.3 Å². The number of para-hydroxylation sites is 1. The summed E-state index contributed by atoms with van der Waals surface area (Å²) >= 11 is 0. The fourth-order valence-corrected chi connectivity index (χ4v) is 1.43. The van der Waals surface area contributed by atoms with E-state index in [0.29, 0.717) is 6.54 Å². The molecule has 1 unspecified atom stereocenters. The lowest BCUT2D eigenvalue weighted by atomic mass is 10.1. The molecule has 1 atom stereocenters. The van der Waals surface area contributed by atoms with Crippen molar-refractivity contribution >= 4 is 11.6 Å². The summed E-state index contributed by atoms with van der Waals surface area (Å²) in [6.45, 7) is 1.87. The summed E-state index contributed by atoms with van der Waals surface area (Å²) < 4.78 is 0. The molecule has 0 N–H and O–H groups in total. The molecule has 0 aliphatic heterocycles. The summed E-state index contributed by atoms with van der Waals surface area (Å²) in [7, 11) is 0. The van der Waals surface area contributed by atoms with Gasteiger partial charge in [-0.05, 0) is 19.1 Å². The first-order valence-electron chi connectivity index (χ1n) is 5.33. The predicted molar refractivity (Wildman–Crippen MR) is 63.8 cm³/mol. The van der Waals surface area contributed by atoms with E-state index in [4.69, 9.17) is 10.5 Å². The molecular weight excluding hydrogens is 214 g/mol. The number of amides is 1. The van der Waals surface area contributed by atoms with Crippen molar-refractivity contribution in [3.8, 4) is 12.1 Å². The highest BCUT2D eigenvalue weighted by Crippen LogP contribution is 2.16. The highest BCUT2D eigenvalue weighted by atomic mass is 16.2. The van der Waals surface area contributed by atoms with Gasteiger partial charge in [0.05, 0.1) is 18.6 Å². The van der Waals surface area contributed by atoms with Crippen LogP contribution < -0.4 is 4.90 Å². The molecule has 86 valence electrons. The number of carbonyl (C=O) groups is 1. The Bertz CT molecular complexity index is 456. The molecule has 17 heavy (non-hydrogen) atoms. The molecular formula is C13H13N3O. The summed E-state index contributed by atoms with van der Waals surface area (Å²) in [5.41, 5.74) is 0.717. The van der Waals surface area contributed by atoms with E-state index in [1.165, 1.54) is 4.90 Å². The van der Waals surface area contributed by atoms with Gasteiger partial charge in [-0.15, -0.1) is 0 Å². The van der Waals surface area contributed by atoms with Crippen LogP contribution in [-0.4, -0.2) is 12.5 Å². The minimum Gasteiger partial charge on any atom is -0.310 e. The molecule has 0 aliphatic rings. The molecule has 0 aromatic heterocycles. The van der Waals surface area contributed by atoms with Crippen molar-refractivity contribution in [2.75, 3.05) is 11.4 Å². The second-order valence-corrected chi connectivity index (χ2v) is 3.58. The first-order valence-corrected chi connectivity index (χ1v) is 5.33. The van der Waals surface area contributed by atoms with Crippen molar-refractivity contribution in [2.24, 2.45) is 5.92 Å². The van der Waals surface area contributed by atoms with Gasteiger partial charge in [0, 0.05) is 12.2 Å². The average molecular weight is 227 g/mol. The lowest BCUT2D eigenvalue weighted by Crippen LogP contribution is -2.35. The maximum Gasteiger partial charge on any atom is 0.244 e. The van der Waals surface area contributed by atoms with Crippen LogP contribution in [0.1, 0.15) is 13.3 Å². The van der Waals surface area contributed by atoms with Crippen LogP contribution in [0.2, 0.25) is 0 Å². The van der Waals surface area contributed by atoms with Gasteiger partial charge in [0.25, 0.3) is 0 Å². The van der Waals surface area contributed by atoms with Gasteiger partial charge in [-0.3, -0.25) is 4.79 Å². The number of hydrogen-bond acceptors (Lipinski definition) is 3. The second-order valence-electron chi connectivity index (χ2n) is 3.58. The van der Waals surface area contributed by atoms with Crippen LogP contribution in [0.4, 0.5) is 5.69 Å². The number of nitriles is 2. The maximum atomic E-state index is 12.0. The van der Waals surface area contributed by atoms with Gasteiger partial charge >= 0.3 is 0 Å². The Labute approximate surface area is 101 Å². The van der Waals surface area contributed by atoms with Crippen LogP contribution in [0.3, 0.4) is 0 Å². The van der Waals surface area contributed by atoms with E-state index in [1.807, 2.05) is 30.3 Å². The van der Waals surface area contributed by atoms with Gasteiger partial charge in [0.15, 0.2) is 0 Å². The van der Waals surface area contributed by atoms with E-state index in [0.717, 1.165) is 5.69 Å². The zero-order chi connectivity index (χ0) is 12.7. The molecule has 0 fully saturated rings. The van der Waals surface area contributed by atoms with E-state index < -0.39 is 5.92 Å². The fourth-order valence-electron chi connectivity index (χ4n) is 1.43. The Morgan fingerprint density at radius 3 is 2.53 bits per heavy atom. The molecule has 0 saturated heterocycles. The molecule has 4 heteroatoms. The third kappa shape index (κ3) is 3.32. The summed E-state index contributed by atoms with van der Waals surface area (Å²) in [6, 6.07) is 13.0. The van der Waals surface area contributed by atoms with Gasteiger partial charge in [-0.1, -0.05) is 18.2 Å². The van der Waals surface area contributed by atoms with E-state index in [1.54, 1.807) is 19.1 Å². The highest BCUT2D eigenvalue weighted by Gasteiger charge is 2.20. The van der Waals surface area contributed by atoms with Gasteiger partial charge in [0.1, 0.15) is 5.92 Å². The molecule has 1 aromatic rings. The van der Waals surface area contributed by atoms with Crippen LogP contribution in [-0.2, 0) is 4.79 Å². The smallest absolute Gasteiger partial charge is 0.244 e. The van der Waals surface area contributed by atoms with E-state index >= 15 is 0 Å². The normalized spacial score (nSPS) is 11.0. The SMILES string of the molecule is CC(C#N)C(=O)N(CCC#N)c1ccccc1. The Morgan fingerprint density at radius 2 is 2.00 bits per heavy atom. The quantitative estimate of drug-likeness (QED) is 0.790. The molecule has 1 rings (SSSR count). The minimum absolute atomic E-state index is 0.249. The molecule has 1 amide bonds. The summed E-state index contributed by atoms with van der Waals surface area (Å²) in [6.07, 6.45) is 0.249. The topological polar surface area (TPSA) is 67.9 Å². The van der Waals surface area contributed by atoms with E-state index in [2.05, 4.69) is 0 Å². The van der Waals surface area contributed by atoms with Crippen molar-refractivity contribution in [3.05, 3.63) is 30.3 Å². The van der Waals surface area contributed by atoms with Crippen molar-refractivity contribution in [1.29, 1.82) is 10.5 Å². The van der Waals surface area contributed by atoms with Gasteiger partial charge < -0.3 is 4.90 Å². The molecule has 1 aromatic carbocycles. The summed E-state index contributed by atoms with van der Waals surface area (Å²) in [4.78, 5) is 13.5. The van der Waals surface area contributed by atoms with Crippen LogP contribution in [0.25, 0.3) is 0 Å². The monoisotopic (exact) mass is 227 g/mol. The molecule has 4 nitrogen and oxygen atoms in total. The number of nitrogens with zero attached hydrogens (tertiary/aromatic N) is 3. The summed E-state index contributed by atoms with van der Waals surface area (Å²) in [5.74, 6) is -0.970. The number of benzene rings is 1. The van der Waals surface area contributed by atoms with Crippen molar-refractivity contribution in [2.45, 2.75) is 13.3 Å². The number of anilines is 1. The van der Waals surface area contributed by atoms with Crippen LogP contribution >= 0.6 is 0 Å². The molecule has 0 aliphatic carbocycles. The molecule has 0 saturated carbocycles. The largest absolute Gasteiger partial charge is 0.310 e. The molecule has 0 spiro atoms. The average Bonchev–Trinajstić information content (AvgIpc) is 2.39. The zero-order valence-electron chi connectivity index (χ0n) is 9.63. The van der Waals surface area contributed by atoms with Crippen LogP contribution in [0.15, 0.2) is 30.3 Å². The second kappa shape index (κ2) is 6.30. The Morgan fingerprint density at radius 1 is 1.35 bits per heavy atom. The van der Waals surface area contributed by atoms with Gasteiger partial charge in [-0.2, -0.15) is 10.5 Å². The van der Waals surface area contributed by atoms with Crippen molar-refractivity contribution < 1.29 is 4.79 Å². The Hall–Kier alpha value is -2.33. The first-order chi connectivity index (χ1) is 8.20. The predicted octanol–water partition coefficient (Wildman–Crippen LogP) is 2.09. The standard InChI is InChI=1S/C13H13N3O/c1-11(10-15)13(17)16(9-5-8-14)12-6-3-2-4-7-12/h2-4,6-7,11H,5,9H2,1H3. The number of hydrogen-bond donors (Lipinski definition) is 0. The summed E-state index contributed by atoms with van der Waals surface area (Å²) in [5, 5.41) is 17.4. The van der Waals surface area contributed by atoms with Crippen molar-refractivity contribution in [3.63, 3.8) is 0 Å². The first kappa shape index (κ1) is 12.7.